The highest BCUT2D eigenvalue weighted by Crippen LogP contribution is 2.67. The molecule has 0 bridgehead atoms. The lowest BCUT2D eigenvalue weighted by Gasteiger charge is -2.62. The van der Waals surface area contributed by atoms with Crippen LogP contribution in [0.1, 0.15) is 90.4 Å². The molecule has 4 aliphatic carbocycles. The molecule has 5 heteroatoms. The number of rotatable bonds is 4. The van der Waals surface area contributed by atoms with Crippen LogP contribution in [0.3, 0.4) is 0 Å². The van der Waals surface area contributed by atoms with E-state index < -0.39 is 0 Å². The van der Waals surface area contributed by atoms with Gasteiger partial charge in [0.1, 0.15) is 5.39 Å². The average molecular weight is 465 g/mol. The zero-order chi connectivity index (χ0) is 23.5. The van der Waals surface area contributed by atoms with Crippen molar-refractivity contribution in [1.82, 2.24) is 9.97 Å². The van der Waals surface area contributed by atoms with Crippen LogP contribution in [0.2, 0.25) is 0 Å². The van der Waals surface area contributed by atoms with E-state index in [2.05, 4.69) is 23.8 Å². The quantitative estimate of drug-likeness (QED) is 0.607. The summed E-state index contributed by atoms with van der Waals surface area (Å²) in [4.78, 5) is 21.0. The summed E-state index contributed by atoms with van der Waals surface area (Å²) in [5.41, 5.74) is 0.939. The number of nitrogens with zero attached hydrogens (tertiary/aromatic N) is 2. The summed E-state index contributed by atoms with van der Waals surface area (Å²) < 4.78 is 5.49. The molecule has 34 heavy (non-hydrogen) atoms. The van der Waals surface area contributed by atoms with Crippen LogP contribution in [-0.2, 0) is 6.42 Å². The molecule has 4 saturated carbocycles. The number of aromatic nitrogens is 2. The molecule has 6 rings (SSSR count). The van der Waals surface area contributed by atoms with Crippen LogP contribution in [0, 0.1) is 40.4 Å². The molecule has 2 heterocycles. The fourth-order valence-corrected chi connectivity index (χ4v) is 9.39. The number of hydrogen-bond acceptors (Lipinski definition) is 5. The molecule has 8 unspecified atom stereocenters. The molecule has 1 N–H and O–H groups in total. The Morgan fingerprint density at radius 3 is 2.82 bits per heavy atom. The number of aliphatic hydroxyl groups excluding tert-OH is 1. The minimum atomic E-state index is -0.333. The van der Waals surface area contributed by atoms with Gasteiger partial charge in [-0.05, 0) is 110 Å². The van der Waals surface area contributed by atoms with Gasteiger partial charge in [-0.15, -0.1) is 0 Å². The van der Waals surface area contributed by atoms with E-state index in [0.29, 0.717) is 57.8 Å². The summed E-state index contributed by atoms with van der Waals surface area (Å²) in [5.74, 6) is 3.80. The molecule has 0 spiro atoms. The van der Waals surface area contributed by atoms with Gasteiger partial charge in [0, 0.05) is 12.6 Å². The molecule has 5 nitrogen and oxygen atoms in total. The first kappa shape index (κ1) is 22.7. The van der Waals surface area contributed by atoms with E-state index in [9.17, 15) is 9.90 Å². The third-order valence-corrected chi connectivity index (χ3v) is 11.2. The van der Waals surface area contributed by atoms with Gasteiger partial charge < -0.3 is 9.52 Å². The molecule has 8 atom stereocenters. The number of aliphatic hydroxyl groups is 1. The highest BCUT2D eigenvalue weighted by Gasteiger charge is 2.61. The molecule has 0 aromatic carbocycles. The van der Waals surface area contributed by atoms with Crippen molar-refractivity contribution in [3.8, 4) is 0 Å². The third-order valence-electron chi connectivity index (χ3n) is 11.2. The van der Waals surface area contributed by atoms with Crippen LogP contribution in [0.4, 0.5) is 0 Å². The number of aryl methyl sites for hydroxylation is 1. The van der Waals surface area contributed by atoms with Gasteiger partial charge in [-0.1, -0.05) is 26.7 Å². The summed E-state index contributed by atoms with van der Waals surface area (Å²) in [6, 6.07) is 3.46. The fraction of sp³-hybridized carbons (Fsp3) is 0.759. The Balaban J connectivity index is 1.15. The maximum absolute atomic E-state index is 12.3. The lowest BCUT2D eigenvalue weighted by molar-refractivity contribution is -0.162. The Bertz CT molecular complexity index is 1110. The molecule has 4 fully saturated rings. The van der Waals surface area contributed by atoms with Gasteiger partial charge in [0.05, 0.1) is 6.10 Å². The summed E-state index contributed by atoms with van der Waals surface area (Å²) >= 11 is 0. The van der Waals surface area contributed by atoms with E-state index in [1.54, 1.807) is 18.3 Å². The van der Waals surface area contributed by atoms with Crippen LogP contribution in [0.25, 0.3) is 11.0 Å². The molecule has 2 aromatic rings. The maximum Gasteiger partial charge on any atom is 0.348 e. The van der Waals surface area contributed by atoms with Crippen molar-refractivity contribution in [3.05, 3.63) is 34.6 Å². The van der Waals surface area contributed by atoms with Crippen molar-refractivity contribution in [1.29, 1.82) is 0 Å². The van der Waals surface area contributed by atoms with Gasteiger partial charge in [-0.25, -0.2) is 9.78 Å². The number of fused-ring (bicyclic) bond motifs is 6. The van der Waals surface area contributed by atoms with E-state index in [1.807, 2.05) is 0 Å². The maximum atomic E-state index is 12.3. The predicted octanol–water partition coefficient (Wildman–Crippen LogP) is 5.93. The van der Waals surface area contributed by atoms with E-state index in [1.165, 1.54) is 51.4 Å². The first-order chi connectivity index (χ1) is 16.4. The largest absolute Gasteiger partial charge is 0.408 e. The SMILES string of the molecule is CC12CCC3C(C(O)CC4CCCCC43C)C1CCC2CCCc1nc2ncccc2c(=O)o1. The molecular weight excluding hydrogens is 424 g/mol. The van der Waals surface area contributed by atoms with Gasteiger partial charge >= 0.3 is 5.63 Å². The zero-order valence-electron chi connectivity index (χ0n) is 20.8. The van der Waals surface area contributed by atoms with Crippen LogP contribution in [0.15, 0.2) is 27.5 Å². The van der Waals surface area contributed by atoms with Gasteiger partial charge in [0.2, 0.25) is 5.89 Å². The van der Waals surface area contributed by atoms with Crippen molar-refractivity contribution in [2.75, 3.05) is 0 Å². The summed E-state index contributed by atoms with van der Waals surface area (Å²) in [6.07, 6.45) is 16.0. The van der Waals surface area contributed by atoms with Crippen molar-refractivity contribution in [3.63, 3.8) is 0 Å². The second-order valence-electron chi connectivity index (χ2n) is 12.5. The van der Waals surface area contributed by atoms with Crippen LogP contribution < -0.4 is 5.63 Å². The third kappa shape index (κ3) is 3.48. The average Bonchev–Trinajstić information content (AvgIpc) is 3.16. The number of hydrogen-bond donors (Lipinski definition) is 1. The predicted molar refractivity (Wildman–Crippen MR) is 132 cm³/mol. The Morgan fingerprint density at radius 1 is 1.09 bits per heavy atom. The molecule has 0 radical (unpaired) electrons. The van der Waals surface area contributed by atoms with Gasteiger partial charge in [-0.2, -0.15) is 4.98 Å². The summed E-state index contributed by atoms with van der Waals surface area (Å²) in [6.45, 7) is 5.11. The Hall–Kier alpha value is -1.75. The lowest BCUT2D eigenvalue weighted by Crippen LogP contribution is -2.57. The summed E-state index contributed by atoms with van der Waals surface area (Å²) in [7, 11) is 0. The first-order valence-corrected chi connectivity index (χ1v) is 13.8. The smallest absolute Gasteiger partial charge is 0.348 e. The Morgan fingerprint density at radius 2 is 1.94 bits per heavy atom. The topological polar surface area (TPSA) is 76.2 Å². The van der Waals surface area contributed by atoms with Crippen LogP contribution in [0.5, 0.6) is 0 Å². The van der Waals surface area contributed by atoms with E-state index >= 15 is 0 Å². The second kappa shape index (κ2) is 8.43. The normalized spacial score (nSPS) is 41.6. The molecule has 0 aliphatic heterocycles. The van der Waals surface area contributed by atoms with E-state index in [0.717, 1.165) is 25.2 Å². The fourth-order valence-electron chi connectivity index (χ4n) is 9.39. The summed E-state index contributed by atoms with van der Waals surface area (Å²) in [5, 5.41) is 11.8. The minimum Gasteiger partial charge on any atom is -0.408 e. The van der Waals surface area contributed by atoms with Gasteiger partial charge in [0.15, 0.2) is 5.65 Å². The van der Waals surface area contributed by atoms with Gasteiger partial charge in [-0.3, -0.25) is 0 Å². The van der Waals surface area contributed by atoms with Gasteiger partial charge in [0.25, 0.3) is 0 Å². The molecular formula is C29H40N2O3. The van der Waals surface area contributed by atoms with E-state index in [4.69, 9.17) is 4.42 Å². The van der Waals surface area contributed by atoms with Crippen LogP contribution >= 0.6 is 0 Å². The number of pyridine rings is 1. The standard InChI is InChI=1S/C29H40N2O3/c1-28-14-4-3-7-19(28)17-23(32)25-21-12-11-18(29(21,2)15-13-22(25)28)8-5-10-24-31-26-20(27(33)34-24)9-6-16-30-26/h6,9,16,18-19,21-23,25,32H,3-5,7-8,10-15,17H2,1-2H3. The van der Waals surface area contributed by atoms with Crippen molar-refractivity contribution < 1.29 is 9.52 Å². The van der Waals surface area contributed by atoms with Crippen molar-refractivity contribution in [2.24, 2.45) is 40.4 Å². The van der Waals surface area contributed by atoms with Crippen LogP contribution in [-0.4, -0.2) is 21.2 Å². The Labute approximate surface area is 202 Å². The lowest BCUT2D eigenvalue weighted by atomic mass is 9.44. The molecule has 4 aliphatic rings. The highest BCUT2D eigenvalue weighted by atomic mass is 16.4. The molecule has 0 amide bonds. The highest BCUT2D eigenvalue weighted by molar-refractivity contribution is 5.72. The molecule has 184 valence electrons. The second-order valence-corrected chi connectivity index (χ2v) is 12.5. The monoisotopic (exact) mass is 464 g/mol. The Kier molecular flexibility index (Phi) is 5.63. The van der Waals surface area contributed by atoms with E-state index in [-0.39, 0.29) is 11.7 Å². The van der Waals surface area contributed by atoms with Crippen molar-refractivity contribution in [2.45, 2.75) is 97.0 Å². The molecule has 0 saturated heterocycles. The first-order valence-electron chi connectivity index (χ1n) is 13.8. The van der Waals surface area contributed by atoms with Crippen molar-refractivity contribution >= 4 is 11.0 Å². The zero-order valence-corrected chi connectivity index (χ0v) is 20.8. The minimum absolute atomic E-state index is 0.104. The molecule has 2 aromatic heterocycles.